The van der Waals surface area contributed by atoms with Crippen LogP contribution in [0.1, 0.15) is 43.1 Å². The van der Waals surface area contributed by atoms with E-state index in [1.807, 2.05) is 19.9 Å². The van der Waals surface area contributed by atoms with Gasteiger partial charge < -0.3 is 15.7 Å². The summed E-state index contributed by atoms with van der Waals surface area (Å²) in [5, 5.41) is 11.8. The molecule has 0 aromatic carbocycles. The molecule has 0 saturated carbocycles. The minimum Gasteiger partial charge on any atom is -0.493 e. The third-order valence-electron chi connectivity index (χ3n) is 2.66. The van der Waals surface area contributed by atoms with Gasteiger partial charge in [-0.15, -0.1) is 0 Å². The molecule has 0 radical (unpaired) electrons. The van der Waals surface area contributed by atoms with Gasteiger partial charge in [-0.25, -0.2) is 0 Å². The molecule has 0 amide bonds. The fourth-order valence-corrected chi connectivity index (χ4v) is 1.80. The first-order valence-electron chi connectivity index (χ1n) is 6.19. The molecule has 5 heteroatoms. The number of hydrogen-bond donors (Lipinski definition) is 2. The maximum absolute atomic E-state index is 8.80. The zero-order valence-electron chi connectivity index (χ0n) is 11.2. The minimum atomic E-state index is 0.0329. The van der Waals surface area contributed by atoms with E-state index in [2.05, 4.69) is 17.1 Å². The first kappa shape index (κ1) is 14.3. The normalized spacial score (nSPS) is 11.6. The fourth-order valence-electron chi connectivity index (χ4n) is 1.80. The molecule has 1 aromatic heterocycles. The molecule has 18 heavy (non-hydrogen) atoms. The van der Waals surface area contributed by atoms with Crippen LogP contribution in [0.3, 0.4) is 0 Å². The molecule has 0 bridgehead atoms. The van der Waals surface area contributed by atoms with Crippen LogP contribution >= 0.6 is 0 Å². The van der Waals surface area contributed by atoms with Gasteiger partial charge in [0.2, 0.25) is 0 Å². The molecule has 100 valence electrons. The second-order valence-electron chi connectivity index (χ2n) is 4.26. The average molecular weight is 251 g/mol. The Morgan fingerprint density at radius 2 is 2.17 bits per heavy atom. The summed E-state index contributed by atoms with van der Waals surface area (Å²) in [6, 6.07) is 1.81. The monoisotopic (exact) mass is 251 g/mol. The topological polar surface area (TPSA) is 80.7 Å². The lowest BCUT2D eigenvalue weighted by atomic mass is 10.1. The third-order valence-corrected chi connectivity index (χ3v) is 2.66. The highest BCUT2D eigenvalue weighted by Gasteiger charge is 2.14. The minimum absolute atomic E-state index is 0.0329. The van der Waals surface area contributed by atoms with Gasteiger partial charge in [0, 0.05) is 11.8 Å². The van der Waals surface area contributed by atoms with Gasteiger partial charge in [0.1, 0.15) is 5.75 Å². The summed E-state index contributed by atoms with van der Waals surface area (Å²) >= 11 is 0. The summed E-state index contributed by atoms with van der Waals surface area (Å²) in [4.78, 5) is 4.30. The van der Waals surface area contributed by atoms with E-state index in [0.29, 0.717) is 23.6 Å². The molecule has 1 rings (SSSR count). The molecule has 0 fully saturated rings. The highest BCUT2D eigenvalue weighted by atomic mass is 16.5. The number of pyridine rings is 1. The number of nitrogens with zero attached hydrogens (tertiary/aromatic N) is 2. The molecule has 0 atom stereocenters. The van der Waals surface area contributed by atoms with Crippen molar-refractivity contribution in [3.8, 4) is 5.75 Å². The standard InChI is InChI=1S/C13H21N3O2/c1-4-5-6-7-18-11-8-9(2)15-10(3)12(11)13(14)16-17/h8,17H,4-7H2,1-3H3,(H2,14,16). The van der Waals surface area contributed by atoms with E-state index in [0.717, 1.165) is 25.0 Å². The Morgan fingerprint density at radius 1 is 1.44 bits per heavy atom. The smallest absolute Gasteiger partial charge is 0.175 e. The van der Waals surface area contributed by atoms with Crippen molar-refractivity contribution in [1.29, 1.82) is 0 Å². The van der Waals surface area contributed by atoms with Gasteiger partial charge >= 0.3 is 0 Å². The Hall–Kier alpha value is -1.78. The zero-order valence-corrected chi connectivity index (χ0v) is 11.2. The molecule has 1 aromatic rings. The zero-order chi connectivity index (χ0) is 13.5. The van der Waals surface area contributed by atoms with E-state index < -0.39 is 0 Å². The Morgan fingerprint density at radius 3 is 2.78 bits per heavy atom. The number of hydrogen-bond acceptors (Lipinski definition) is 4. The van der Waals surface area contributed by atoms with Gasteiger partial charge in [-0.3, -0.25) is 4.98 Å². The second-order valence-corrected chi connectivity index (χ2v) is 4.26. The molecule has 3 N–H and O–H groups in total. The van der Waals surface area contributed by atoms with Crippen LogP contribution in [0.15, 0.2) is 11.2 Å². The van der Waals surface area contributed by atoms with Crippen LogP contribution < -0.4 is 10.5 Å². The van der Waals surface area contributed by atoms with Gasteiger partial charge in [-0.05, 0) is 20.3 Å². The van der Waals surface area contributed by atoms with Crippen molar-refractivity contribution in [1.82, 2.24) is 4.98 Å². The number of unbranched alkanes of at least 4 members (excludes halogenated alkanes) is 2. The summed E-state index contributed by atoms with van der Waals surface area (Å²) in [5.41, 5.74) is 7.78. The first-order chi connectivity index (χ1) is 8.60. The highest BCUT2D eigenvalue weighted by Crippen LogP contribution is 2.22. The van der Waals surface area contributed by atoms with Gasteiger partial charge in [0.25, 0.3) is 0 Å². The van der Waals surface area contributed by atoms with Gasteiger partial charge in [-0.2, -0.15) is 0 Å². The lowest BCUT2D eigenvalue weighted by Gasteiger charge is -2.13. The van der Waals surface area contributed by atoms with Crippen molar-refractivity contribution in [2.45, 2.75) is 40.0 Å². The number of aromatic nitrogens is 1. The third kappa shape index (κ3) is 3.61. The fraction of sp³-hybridized carbons (Fsp3) is 0.538. The molecule has 0 unspecified atom stereocenters. The predicted octanol–water partition coefficient (Wildman–Crippen LogP) is 2.36. The summed E-state index contributed by atoms with van der Waals surface area (Å²) in [7, 11) is 0. The lowest BCUT2D eigenvalue weighted by molar-refractivity contribution is 0.302. The molecule has 0 aliphatic carbocycles. The molecule has 0 aliphatic heterocycles. The molecular weight excluding hydrogens is 230 g/mol. The van der Waals surface area contributed by atoms with Crippen molar-refractivity contribution in [2.24, 2.45) is 10.9 Å². The van der Waals surface area contributed by atoms with Crippen LogP contribution in [0, 0.1) is 13.8 Å². The maximum atomic E-state index is 8.80. The Kier molecular flexibility index (Phi) is 5.42. The quantitative estimate of drug-likeness (QED) is 0.267. The van der Waals surface area contributed by atoms with Gasteiger partial charge in [0.05, 0.1) is 17.9 Å². The predicted molar refractivity (Wildman–Crippen MR) is 71.2 cm³/mol. The van der Waals surface area contributed by atoms with Crippen molar-refractivity contribution < 1.29 is 9.94 Å². The molecule has 0 aliphatic rings. The molecule has 0 saturated heterocycles. The van der Waals surface area contributed by atoms with Crippen LogP contribution in [0.4, 0.5) is 0 Å². The summed E-state index contributed by atoms with van der Waals surface area (Å²) < 4.78 is 5.71. The Labute approximate surface area is 108 Å². The van der Waals surface area contributed by atoms with Crippen LogP contribution in [-0.2, 0) is 0 Å². The van der Waals surface area contributed by atoms with Gasteiger partial charge in [0.15, 0.2) is 5.84 Å². The molecule has 5 nitrogen and oxygen atoms in total. The maximum Gasteiger partial charge on any atom is 0.175 e. The summed E-state index contributed by atoms with van der Waals surface area (Å²) in [6.07, 6.45) is 3.26. The van der Waals surface area contributed by atoms with Crippen molar-refractivity contribution in [2.75, 3.05) is 6.61 Å². The Bertz CT molecular complexity index is 430. The van der Waals surface area contributed by atoms with Crippen LogP contribution in [0.5, 0.6) is 5.75 Å². The molecular formula is C13H21N3O2. The largest absolute Gasteiger partial charge is 0.493 e. The van der Waals surface area contributed by atoms with E-state index in [4.69, 9.17) is 15.7 Å². The van der Waals surface area contributed by atoms with E-state index >= 15 is 0 Å². The number of ether oxygens (including phenoxy) is 1. The summed E-state index contributed by atoms with van der Waals surface area (Å²) in [6.45, 7) is 6.48. The van der Waals surface area contributed by atoms with E-state index in [9.17, 15) is 0 Å². The van der Waals surface area contributed by atoms with Crippen LogP contribution in [0.25, 0.3) is 0 Å². The number of rotatable bonds is 6. The highest BCUT2D eigenvalue weighted by molar-refractivity contribution is 6.00. The van der Waals surface area contributed by atoms with Gasteiger partial charge in [-0.1, -0.05) is 24.9 Å². The van der Waals surface area contributed by atoms with Crippen LogP contribution in [0.2, 0.25) is 0 Å². The first-order valence-corrected chi connectivity index (χ1v) is 6.19. The Balaban J connectivity index is 2.93. The van der Waals surface area contributed by atoms with Crippen molar-refractivity contribution >= 4 is 5.84 Å². The van der Waals surface area contributed by atoms with E-state index in [1.54, 1.807) is 0 Å². The number of amidine groups is 1. The van der Waals surface area contributed by atoms with E-state index in [-0.39, 0.29) is 5.84 Å². The molecule has 0 spiro atoms. The van der Waals surface area contributed by atoms with Crippen LogP contribution in [-0.4, -0.2) is 22.6 Å². The number of aryl methyl sites for hydroxylation is 2. The second kappa shape index (κ2) is 6.83. The van der Waals surface area contributed by atoms with Crippen molar-refractivity contribution in [3.63, 3.8) is 0 Å². The van der Waals surface area contributed by atoms with Crippen molar-refractivity contribution in [3.05, 3.63) is 23.0 Å². The van der Waals surface area contributed by atoms with E-state index in [1.165, 1.54) is 0 Å². The average Bonchev–Trinajstić information content (AvgIpc) is 2.33. The number of oxime groups is 1. The lowest BCUT2D eigenvalue weighted by Crippen LogP contribution is -2.18. The molecule has 1 heterocycles. The summed E-state index contributed by atoms with van der Waals surface area (Å²) in [5.74, 6) is 0.664. The SMILES string of the molecule is CCCCCOc1cc(C)nc(C)c1/C(N)=N/O. The number of nitrogens with two attached hydrogens (primary N) is 1.